The average molecular weight is 316 g/mol. The summed E-state index contributed by atoms with van der Waals surface area (Å²) in [5.41, 5.74) is 3.71. The summed E-state index contributed by atoms with van der Waals surface area (Å²) in [5, 5.41) is 4.27. The van der Waals surface area contributed by atoms with E-state index in [0.29, 0.717) is 0 Å². The van der Waals surface area contributed by atoms with E-state index in [1.54, 1.807) is 11.3 Å². The molecule has 0 spiro atoms. The molecule has 0 saturated heterocycles. The van der Waals surface area contributed by atoms with Crippen LogP contribution in [-0.4, -0.2) is 0 Å². The minimum atomic E-state index is 0.0320. The highest BCUT2D eigenvalue weighted by molar-refractivity contribution is 9.10. The molecule has 0 radical (unpaired) electrons. The normalized spacial score (nSPS) is 12.7. The van der Waals surface area contributed by atoms with Crippen molar-refractivity contribution in [1.82, 2.24) is 0 Å². The molecule has 1 unspecified atom stereocenters. The van der Waals surface area contributed by atoms with E-state index >= 15 is 0 Å². The molecule has 0 aliphatic heterocycles. The van der Waals surface area contributed by atoms with Crippen LogP contribution in [0.2, 0.25) is 0 Å². The topological polar surface area (TPSA) is 0 Å². The van der Waals surface area contributed by atoms with Gasteiger partial charge in [-0.1, -0.05) is 28.1 Å². The predicted molar refractivity (Wildman–Crippen MR) is 75.5 cm³/mol. The first kappa shape index (κ1) is 12.2. The number of halogens is 2. The fourth-order valence-corrected chi connectivity index (χ4v) is 3.56. The number of aryl methyl sites for hydroxylation is 1. The van der Waals surface area contributed by atoms with Crippen molar-refractivity contribution in [2.45, 2.75) is 18.7 Å². The maximum Gasteiger partial charge on any atom is 0.0636 e. The van der Waals surface area contributed by atoms with E-state index in [1.807, 2.05) is 0 Å². The lowest BCUT2D eigenvalue weighted by molar-refractivity contribution is 0.918. The van der Waals surface area contributed by atoms with E-state index in [4.69, 9.17) is 11.6 Å². The molecule has 0 fully saturated rings. The zero-order chi connectivity index (χ0) is 11.5. The van der Waals surface area contributed by atoms with E-state index in [0.717, 1.165) is 10.9 Å². The number of hydrogen-bond donors (Lipinski definition) is 0. The molecule has 0 saturated carbocycles. The Balaban J connectivity index is 2.17. The van der Waals surface area contributed by atoms with Gasteiger partial charge in [-0.25, -0.2) is 0 Å². The molecule has 84 valence electrons. The van der Waals surface area contributed by atoms with Gasteiger partial charge in [-0.15, -0.1) is 11.6 Å². The van der Waals surface area contributed by atoms with Crippen molar-refractivity contribution in [3.8, 4) is 0 Å². The van der Waals surface area contributed by atoms with Crippen LogP contribution in [0.3, 0.4) is 0 Å². The van der Waals surface area contributed by atoms with Gasteiger partial charge in [0.15, 0.2) is 0 Å². The van der Waals surface area contributed by atoms with Crippen molar-refractivity contribution in [3.05, 3.63) is 56.2 Å². The lowest BCUT2D eigenvalue weighted by Crippen LogP contribution is -1.96. The van der Waals surface area contributed by atoms with Gasteiger partial charge in [-0.3, -0.25) is 0 Å². The average Bonchev–Trinajstić information content (AvgIpc) is 2.70. The third-order valence-corrected chi connectivity index (χ3v) is 4.30. The Morgan fingerprint density at radius 2 is 2.19 bits per heavy atom. The quantitative estimate of drug-likeness (QED) is 0.670. The summed E-state index contributed by atoms with van der Waals surface area (Å²) < 4.78 is 1.10. The van der Waals surface area contributed by atoms with Crippen LogP contribution in [0, 0.1) is 6.92 Å². The molecular formula is C13H12BrClS. The Hall–Kier alpha value is -0.310. The molecule has 2 aromatic rings. The van der Waals surface area contributed by atoms with Gasteiger partial charge in [0.2, 0.25) is 0 Å². The lowest BCUT2D eigenvalue weighted by Gasteiger charge is -2.11. The molecular weight excluding hydrogens is 304 g/mol. The van der Waals surface area contributed by atoms with Crippen molar-refractivity contribution in [2.24, 2.45) is 0 Å². The van der Waals surface area contributed by atoms with Gasteiger partial charge in [0, 0.05) is 4.47 Å². The fraction of sp³-hybridized carbons (Fsp3) is 0.231. The maximum absolute atomic E-state index is 6.43. The van der Waals surface area contributed by atoms with Crippen molar-refractivity contribution in [1.29, 1.82) is 0 Å². The molecule has 0 N–H and O–H groups in total. The van der Waals surface area contributed by atoms with Gasteiger partial charge < -0.3 is 0 Å². The van der Waals surface area contributed by atoms with Crippen LogP contribution in [0.1, 0.15) is 22.1 Å². The highest BCUT2D eigenvalue weighted by Gasteiger charge is 2.12. The Labute approximate surface area is 113 Å². The molecule has 1 aromatic heterocycles. The van der Waals surface area contributed by atoms with Gasteiger partial charge in [0.25, 0.3) is 0 Å². The molecule has 1 aromatic carbocycles. The number of rotatable bonds is 3. The van der Waals surface area contributed by atoms with E-state index in [1.165, 1.54) is 16.7 Å². The molecule has 0 nitrogen and oxygen atoms in total. The lowest BCUT2D eigenvalue weighted by atomic mass is 10.0. The van der Waals surface area contributed by atoms with Crippen molar-refractivity contribution in [3.63, 3.8) is 0 Å². The zero-order valence-corrected chi connectivity index (χ0v) is 12.1. The predicted octanol–water partition coefficient (Wildman–Crippen LogP) is 5.34. The molecule has 0 aliphatic rings. The molecule has 0 aliphatic carbocycles. The van der Waals surface area contributed by atoms with Gasteiger partial charge >= 0.3 is 0 Å². The smallest absolute Gasteiger partial charge is 0.0636 e. The van der Waals surface area contributed by atoms with E-state index in [9.17, 15) is 0 Å². The van der Waals surface area contributed by atoms with Crippen LogP contribution in [0.15, 0.2) is 39.5 Å². The van der Waals surface area contributed by atoms with E-state index < -0.39 is 0 Å². The molecule has 0 bridgehead atoms. The second kappa shape index (κ2) is 5.35. The third kappa shape index (κ3) is 2.88. The standard InChI is InChI=1S/C13H12BrClS/c1-9-2-3-11(12(14)6-9)13(15)7-10-4-5-16-8-10/h2-6,8,13H,7H2,1H3. The van der Waals surface area contributed by atoms with Gasteiger partial charge in [0.1, 0.15) is 0 Å². The monoisotopic (exact) mass is 314 g/mol. The summed E-state index contributed by atoms with van der Waals surface area (Å²) in [4.78, 5) is 0. The number of thiophene rings is 1. The second-order valence-corrected chi connectivity index (χ2v) is 5.99. The molecule has 1 atom stereocenters. The molecule has 16 heavy (non-hydrogen) atoms. The summed E-state index contributed by atoms with van der Waals surface area (Å²) in [6.45, 7) is 2.08. The maximum atomic E-state index is 6.43. The van der Waals surface area contributed by atoms with Crippen LogP contribution in [0.5, 0.6) is 0 Å². The first-order valence-corrected chi connectivity index (χ1v) is 7.25. The summed E-state index contributed by atoms with van der Waals surface area (Å²) in [7, 11) is 0. The van der Waals surface area contributed by atoms with Crippen LogP contribution >= 0.6 is 38.9 Å². The van der Waals surface area contributed by atoms with Crippen LogP contribution < -0.4 is 0 Å². The van der Waals surface area contributed by atoms with E-state index in [-0.39, 0.29) is 5.38 Å². The molecule has 3 heteroatoms. The number of benzene rings is 1. The van der Waals surface area contributed by atoms with Crippen LogP contribution in [-0.2, 0) is 6.42 Å². The number of alkyl halides is 1. The van der Waals surface area contributed by atoms with Crippen LogP contribution in [0.25, 0.3) is 0 Å². The zero-order valence-electron chi connectivity index (χ0n) is 8.91. The molecule has 1 heterocycles. The van der Waals surface area contributed by atoms with Crippen LogP contribution in [0.4, 0.5) is 0 Å². The van der Waals surface area contributed by atoms with Crippen molar-refractivity contribution in [2.75, 3.05) is 0 Å². The fourth-order valence-electron chi connectivity index (χ4n) is 1.61. The SMILES string of the molecule is Cc1ccc(C(Cl)Cc2ccsc2)c(Br)c1. The second-order valence-electron chi connectivity index (χ2n) is 3.83. The highest BCUT2D eigenvalue weighted by Crippen LogP contribution is 2.31. The Morgan fingerprint density at radius 3 is 2.81 bits per heavy atom. The molecule has 2 rings (SSSR count). The summed E-state index contributed by atoms with van der Waals surface area (Å²) in [5.74, 6) is 0. The highest BCUT2D eigenvalue weighted by atomic mass is 79.9. The first-order valence-electron chi connectivity index (χ1n) is 5.08. The number of hydrogen-bond acceptors (Lipinski definition) is 1. The first-order chi connectivity index (χ1) is 7.66. The van der Waals surface area contributed by atoms with Crippen molar-refractivity contribution >= 4 is 38.9 Å². The molecule has 0 amide bonds. The van der Waals surface area contributed by atoms with E-state index in [2.05, 4.69) is 57.9 Å². The Kier molecular flexibility index (Phi) is 4.06. The summed E-state index contributed by atoms with van der Waals surface area (Å²) in [6.07, 6.45) is 0.882. The van der Waals surface area contributed by atoms with Crippen molar-refractivity contribution < 1.29 is 0 Å². The summed E-state index contributed by atoms with van der Waals surface area (Å²) in [6, 6.07) is 8.44. The Bertz CT molecular complexity index is 465. The summed E-state index contributed by atoms with van der Waals surface area (Å²) >= 11 is 11.7. The minimum Gasteiger partial charge on any atom is -0.152 e. The largest absolute Gasteiger partial charge is 0.152 e. The van der Waals surface area contributed by atoms with Gasteiger partial charge in [-0.05, 0) is 52.9 Å². The minimum absolute atomic E-state index is 0.0320. The van der Waals surface area contributed by atoms with Gasteiger partial charge in [-0.2, -0.15) is 11.3 Å². The van der Waals surface area contributed by atoms with Gasteiger partial charge in [0.05, 0.1) is 5.38 Å². The Morgan fingerprint density at radius 1 is 1.38 bits per heavy atom. The third-order valence-electron chi connectivity index (χ3n) is 2.49.